The summed E-state index contributed by atoms with van der Waals surface area (Å²) in [7, 11) is 1.60. The van der Waals surface area contributed by atoms with Crippen molar-refractivity contribution < 1.29 is 18.7 Å². The molecule has 3 N–H and O–H groups in total. The largest absolute Gasteiger partial charge is 0.497 e. The summed E-state index contributed by atoms with van der Waals surface area (Å²) in [6.45, 7) is 3.75. The highest BCUT2D eigenvalue weighted by atomic mass is 19.1. The van der Waals surface area contributed by atoms with Gasteiger partial charge >= 0.3 is 6.03 Å². The Morgan fingerprint density at radius 1 is 1.00 bits per heavy atom. The van der Waals surface area contributed by atoms with Gasteiger partial charge in [-0.25, -0.2) is 9.18 Å². The zero-order chi connectivity index (χ0) is 24.8. The number of hydrogen-bond acceptors (Lipinski definition) is 4. The summed E-state index contributed by atoms with van der Waals surface area (Å²) in [6, 6.07) is 16.8. The molecule has 0 radical (unpaired) electrons. The smallest absolute Gasteiger partial charge is 0.323 e. The number of nitrogens with one attached hydrogen (secondary N) is 3. The molecule has 0 spiro atoms. The normalized spacial score (nSPS) is 12.8. The zero-order valence-electron chi connectivity index (χ0n) is 19.9. The molecule has 0 atom stereocenters. The van der Waals surface area contributed by atoms with Crippen molar-refractivity contribution in [3.8, 4) is 5.75 Å². The Hall–Kier alpha value is -4.07. The van der Waals surface area contributed by atoms with Gasteiger partial charge in [-0.15, -0.1) is 0 Å². The fraction of sp³-hybridized carbons (Fsp3) is 0.259. The van der Waals surface area contributed by atoms with Gasteiger partial charge in [0, 0.05) is 30.9 Å². The average Bonchev–Trinajstić information content (AvgIpc) is 3.39. The Balaban J connectivity index is 1.50. The van der Waals surface area contributed by atoms with Gasteiger partial charge in [0.2, 0.25) is 0 Å². The van der Waals surface area contributed by atoms with Gasteiger partial charge in [0.25, 0.3) is 5.91 Å². The van der Waals surface area contributed by atoms with E-state index in [1.165, 1.54) is 6.07 Å². The number of benzene rings is 3. The molecule has 3 amide bonds. The summed E-state index contributed by atoms with van der Waals surface area (Å²) in [4.78, 5) is 27.8. The summed E-state index contributed by atoms with van der Waals surface area (Å²) < 4.78 is 19.1. The number of amides is 3. The lowest BCUT2D eigenvalue weighted by molar-refractivity contribution is 0.0951. The molecule has 8 heteroatoms. The lowest BCUT2D eigenvalue weighted by Crippen LogP contribution is -2.26. The van der Waals surface area contributed by atoms with Crippen LogP contribution in [0.25, 0.3) is 0 Å². The standard InChI is InChI=1S/C27H29FN4O3/c1-18-8-10-21(16-23(18)28)30-27(34)31-24-15-20(9-11-25(24)32-12-3-4-13-32)26(33)29-17-19-6-5-7-22(14-19)35-2/h5-11,14-16H,3-4,12-13,17H2,1-2H3,(H,29,33)(H2,30,31,34). The number of carbonyl (C=O) groups excluding carboxylic acids is 2. The van der Waals surface area contributed by atoms with E-state index < -0.39 is 11.8 Å². The summed E-state index contributed by atoms with van der Waals surface area (Å²) in [5, 5.41) is 8.41. The first-order valence-corrected chi connectivity index (χ1v) is 11.6. The van der Waals surface area contributed by atoms with E-state index in [0.717, 1.165) is 42.9 Å². The number of nitrogens with zero attached hydrogens (tertiary/aromatic N) is 1. The van der Waals surface area contributed by atoms with Gasteiger partial charge in [0.1, 0.15) is 11.6 Å². The monoisotopic (exact) mass is 476 g/mol. The molecular weight excluding hydrogens is 447 g/mol. The van der Waals surface area contributed by atoms with E-state index in [9.17, 15) is 14.0 Å². The molecule has 35 heavy (non-hydrogen) atoms. The maximum atomic E-state index is 13.9. The van der Waals surface area contributed by atoms with Crippen LogP contribution in [0.1, 0.15) is 34.3 Å². The molecule has 0 aliphatic carbocycles. The fourth-order valence-electron chi connectivity index (χ4n) is 4.03. The van der Waals surface area contributed by atoms with Gasteiger partial charge < -0.3 is 25.6 Å². The van der Waals surface area contributed by atoms with Gasteiger partial charge in [0.15, 0.2) is 0 Å². The molecule has 7 nitrogen and oxygen atoms in total. The molecule has 3 aromatic carbocycles. The Bertz CT molecular complexity index is 1220. The number of ether oxygens (including phenoxy) is 1. The van der Waals surface area contributed by atoms with Crippen LogP contribution >= 0.6 is 0 Å². The lowest BCUT2D eigenvalue weighted by Gasteiger charge is -2.22. The number of rotatable bonds is 7. The summed E-state index contributed by atoms with van der Waals surface area (Å²) in [5.74, 6) is 0.0674. The number of carbonyl (C=O) groups is 2. The molecule has 0 unspecified atom stereocenters. The maximum absolute atomic E-state index is 13.9. The number of methoxy groups -OCH3 is 1. The molecule has 0 saturated carbocycles. The van der Waals surface area contributed by atoms with Crippen molar-refractivity contribution in [3.05, 3.63) is 83.2 Å². The third-order valence-electron chi connectivity index (χ3n) is 5.97. The predicted molar refractivity (Wildman–Crippen MR) is 136 cm³/mol. The third kappa shape index (κ3) is 6.09. The number of aryl methyl sites for hydroxylation is 1. The molecule has 1 heterocycles. The maximum Gasteiger partial charge on any atom is 0.323 e. The van der Waals surface area contributed by atoms with Crippen molar-refractivity contribution in [2.24, 2.45) is 0 Å². The van der Waals surface area contributed by atoms with Crippen molar-refractivity contribution in [1.82, 2.24) is 5.32 Å². The topological polar surface area (TPSA) is 82.7 Å². The Morgan fingerprint density at radius 3 is 2.54 bits per heavy atom. The molecule has 3 aromatic rings. The van der Waals surface area contributed by atoms with Crippen molar-refractivity contribution in [3.63, 3.8) is 0 Å². The van der Waals surface area contributed by atoms with E-state index in [0.29, 0.717) is 29.0 Å². The van der Waals surface area contributed by atoms with Gasteiger partial charge in [0.05, 0.1) is 18.5 Å². The van der Waals surface area contributed by atoms with E-state index in [1.807, 2.05) is 30.3 Å². The Morgan fingerprint density at radius 2 is 1.80 bits per heavy atom. The van der Waals surface area contributed by atoms with Crippen molar-refractivity contribution in [2.45, 2.75) is 26.3 Å². The highest BCUT2D eigenvalue weighted by molar-refractivity contribution is 6.04. The lowest BCUT2D eigenvalue weighted by atomic mass is 10.1. The second kappa shape index (κ2) is 10.9. The van der Waals surface area contributed by atoms with Gasteiger partial charge in [-0.3, -0.25) is 4.79 Å². The Kier molecular flexibility index (Phi) is 7.50. The first-order valence-electron chi connectivity index (χ1n) is 11.6. The SMILES string of the molecule is COc1cccc(CNC(=O)c2ccc(N3CCCC3)c(NC(=O)Nc3ccc(C)c(F)c3)c2)c1. The van der Waals surface area contributed by atoms with Crippen LogP contribution in [0.3, 0.4) is 0 Å². The van der Waals surface area contributed by atoms with Crippen molar-refractivity contribution in [2.75, 3.05) is 35.7 Å². The van der Waals surface area contributed by atoms with Crippen LogP contribution in [0.4, 0.5) is 26.2 Å². The van der Waals surface area contributed by atoms with E-state index in [4.69, 9.17) is 4.74 Å². The highest BCUT2D eigenvalue weighted by Gasteiger charge is 2.19. The first kappa shape index (κ1) is 24.1. The molecule has 0 bridgehead atoms. The number of anilines is 3. The van der Waals surface area contributed by atoms with Crippen molar-refractivity contribution >= 4 is 29.0 Å². The van der Waals surface area contributed by atoms with Gasteiger partial charge in [-0.1, -0.05) is 18.2 Å². The van der Waals surface area contributed by atoms with E-state index in [-0.39, 0.29) is 5.91 Å². The van der Waals surface area contributed by atoms with E-state index >= 15 is 0 Å². The molecule has 1 aliphatic heterocycles. The van der Waals surface area contributed by atoms with Crippen LogP contribution in [-0.4, -0.2) is 32.1 Å². The minimum atomic E-state index is -0.511. The van der Waals surface area contributed by atoms with Crippen molar-refractivity contribution in [1.29, 1.82) is 0 Å². The number of urea groups is 1. The Labute approximate surface area is 204 Å². The quantitative estimate of drug-likeness (QED) is 0.431. The first-order chi connectivity index (χ1) is 16.9. The highest BCUT2D eigenvalue weighted by Crippen LogP contribution is 2.30. The predicted octanol–water partition coefficient (Wildman–Crippen LogP) is 5.32. The van der Waals surface area contributed by atoms with E-state index in [1.54, 1.807) is 38.3 Å². The average molecular weight is 477 g/mol. The summed E-state index contributed by atoms with van der Waals surface area (Å²) in [5.41, 5.74) is 3.55. The molecule has 1 aliphatic rings. The second-order valence-corrected chi connectivity index (χ2v) is 8.50. The number of hydrogen-bond donors (Lipinski definition) is 3. The van der Waals surface area contributed by atoms with Crippen LogP contribution < -0.4 is 25.6 Å². The minimum Gasteiger partial charge on any atom is -0.497 e. The van der Waals surface area contributed by atoms with E-state index in [2.05, 4.69) is 20.9 Å². The zero-order valence-corrected chi connectivity index (χ0v) is 19.9. The second-order valence-electron chi connectivity index (χ2n) is 8.50. The van der Waals surface area contributed by atoms with Gasteiger partial charge in [-0.05, 0) is 73.4 Å². The van der Waals surface area contributed by atoms with Crippen LogP contribution in [0, 0.1) is 12.7 Å². The van der Waals surface area contributed by atoms with Crippen LogP contribution in [0.15, 0.2) is 60.7 Å². The molecule has 1 fully saturated rings. The van der Waals surface area contributed by atoms with Crippen LogP contribution in [-0.2, 0) is 6.54 Å². The van der Waals surface area contributed by atoms with Crippen LogP contribution in [0.5, 0.6) is 5.75 Å². The summed E-state index contributed by atoms with van der Waals surface area (Å²) in [6.07, 6.45) is 2.13. The third-order valence-corrected chi connectivity index (χ3v) is 5.97. The molecule has 4 rings (SSSR count). The number of halogens is 1. The summed E-state index contributed by atoms with van der Waals surface area (Å²) >= 11 is 0. The minimum absolute atomic E-state index is 0.259. The van der Waals surface area contributed by atoms with Gasteiger partial charge in [-0.2, -0.15) is 0 Å². The molecule has 1 saturated heterocycles. The fourth-order valence-corrected chi connectivity index (χ4v) is 4.03. The van der Waals surface area contributed by atoms with Crippen LogP contribution in [0.2, 0.25) is 0 Å². The molecule has 182 valence electrons. The molecule has 0 aromatic heterocycles. The molecular formula is C27H29FN4O3.